The summed E-state index contributed by atoms with van der Waals surface area (Å²) >= 11 is 0. The molecule has 1 unspecified atom stereocenters. The van der Waals surface area contributed by atoms with Crippen LogP contribution in [0.3, 0.4) is 0 Å². The molecule has 1 atom stereocenters. The minimum atomic E-state index is -0.938. The number of rotatable bonds is 5. The number of carbonyl (C=O) groups excluding carboxylic acids is 1. The zero-order chi connectivity index (χ0) is 12.7. The van der Waals surface area contributed by atoms with E-state index >= 15 is 0 Å². The zero-order valence-electron chi connectivity index (χ0n) is 9.51. The van der Waals surface area contributed by atoms with Crippen molar-refractivity contribution in [2.75, 3.05) is 6.54 Å². The van der Waals surface area contributed by atoms with Crippen LogP contribution >= 0.6 is 0 Å². The fourth-order valence-electron chi connectivity index (χ4n) is 1.27. The summed E-state index contributed by atoms with van der Waals surface area (Å²) in [4.78, 5) is 25.5. The summed E-state index contributed by atoms with van der Waals surface area (Å²) in [6, 6.07) is 3.09. The van der Waals surface area contributed by atoms with Gasteiger partial charge < -0.3 is 15.7 Å². The van der Waals surface area contributed by atoms with Gasteiger partial charge in [-0.15, -0.1) is 0 Å². The quantitative estimate of drug-likeness (QED) is 0.710. The number of nitrogens with one attached hydrogen (secondary N) is 2. The molecule has 0 radical (unpaired) electrons. The third kappa shape index (κ3) is 4.96. The maximum absolute atomic E-state index is 11.4. The third-order valence-corrected chi connectivity index (χ3v) is 2.18. The molecule has 6 nitrogen and oxygen atoms in total. The highest BCUT2D eigenvalue weighted by Gasteiger charge is 2.08. The Morgan fingerprint density at radius 2 is 2.06 bits per heavy atom. The summed E-state index contributed by atoms with van der Waals surface area (Å²) in [5.41, 5.74) is 0.938. The molecule has 0 spiro atoms. The maximum Gasteiger partial charge on any atom is 0.315 e. The smallest absolute Gasteiger partial charge is 0.315 e. The molecular formula is C11H15N3O3. The van der Waals surface area contributed by atoms with Crippen LogP contribution in [0, 0.1) is 0 Å². The van der Waals surface area contributed by atoms with Crippen molar-refractivity contribution in [1.82, 2.24) is 15.6 Å². The van der Waals surface area contributed by atoms with Crippen molar-refractivity contribution in [3.63, 3.8) is 0 Å². The van der Waals surface area contributed by atoms with E-state index in [0.29, 0.717) is 0 Å². The lowest BCUT2D eigenvalue weighted by Crippen LogP contribution is -2.38. The van der Waals surface area contributed by atoms with Gasteiger partial charge in [0.05, 0.1) is 12.5 Å². The first-order valence-corrected chi connectivity index (χ1v) is 5.25. The van der Waals surface area contributed by atoms with Gasteiger partial charge in [0, 0.05) is 18.9 Å². The van der Waals surface area contributed by atoms with Crippen LogP contribution in [0.2, 0.25) is 0 Å². The number of urea groups is 1. The standard InChI is InChI=1S/C11H15N3O3/c1-8(9-2-5-12-6-3-9)14-11(17)13-7-4-10(15)16/h2-3,5-6,8H,4,7H2,1H3,(H,15,16)(H2,13,14,17). The van der Waals surface area contributed by atoms with Crippen molar-refractivity contribution in [2.24, 2.45) is 0 Å². The minimum Gasteiger partial charge on any atom is -0.481 e. The molecule has 0 aromatic carbocycles. The number of aromatic nitrogens is 1. The van der Waals surface area contributed by atoms with E-state index in [1.54, 1.807) is 12.4 Å². The van der Waals surface area contributed by atoms with Gasteiger partial charge in [0.2, 0.25) is 0 Å². The van der Waals surface area contributed by atoms with Crippen molar-refractivity contribution < 1.29 is 14.7 Å². The van der Waals surface area contributed by atoms with Crippen LogP contribution < -0.4 is 10.6 Å². The summed E-state index contributed by atoms with van der Waals surface area (Å²) in [7, 11) is 0. The Morgan fingerprint density at radius 3 is 2.65 bits per heavy atom. The van der Waals surface area contributed by atoms with Gasteiger partial charge in [0.25, 0.3) is 0 Å². The first-order valence-electron chi connectivity index (χ1n) is 5.25. The van der Waals surface area contributed by atoms with Gasteiger partial charge in [0.15, 0.2) is 0 Å². The summed E-state index contributed by atoms with van der Waals surface area (Å²) in [5, 5.41) is 13.6. The molecule has 0 aliphatic carbocycles. The highest BCUT2D eigenvalue weighted by molar-refractivity contribution is 5.75. The summed E-state index contributed by atoms with van der Waals surface area (Å²) in [6.07, 6.45) is 3.21. The van der Waals surface area contributed by atoms with E-state index in [1.165, 1.54) is 0 Å². The number of carboxylic acid groups (broad SMARTS) is 1. The molecule has 6 heteroatoms. The van der Waals surface area contributed by atoms with Crippen molar-refractivity contribution >= 4 is 12.0 Å². The topological polar surface area (TPSA) is 91.3 Å². The molecule has 0 saturated carbocycles. The predicted octanol–water partition coefficient (Wildman–Crippen LogP) is 0.916. The number of pyridine rings is 1. The number of hydrogen-bond donors (Lipinski definition) is 3. The van der Waals surface area contributed by atoms with Crippen molar-refractivity contribution in [3.8, 4) is 0 Å². The van der Waals surface area contributed by atoms with Gasteiger partial charge in [-0.3, -0.25) is 9.78 Å². The van der Waals surface area contributed by atoms with Crippen LogP contribution in [0.25, 0.3) is 0 Å². The molecule has 1 heterocycles. The molecule has 3 N–H and O–H groups in total. The molecule has 2 amide bonds. The second kappa shape index (κ2) is 6.47. The summed E-state index contributed by atoms with van der Waals surface area (Å²) < 4.78 is 0. The summed E-state index contributed by atoms with van der Waals surface area (Å²) in [6.45, 7) is 1.95. The number of hydrogen-bond acceptors (Lipinski definition) is 3. The fourth-order valence-corrected chi connectivity index (χ4v) is 1.27. The average molecular weight is 237 g/mol. The number of amides is 2. The molecule has 1 aromatic heterocycles. The van der Waals surface area contributed by atoms with Crippen LogP contribution in [0.15, 0.2) is 24.5 Å². The molecule has 0 saturated heterocycles. The first-order chi connectivity index (χ1) is 8.09. The van der Waals surface area contributed by atoms with E-state index in [9.17, 15) is 9.59 Å². The number of carboxylic acids is 1. The lowest BCUT2D eigenvalue weighted by molar-refractivity contribution is -0.136. The van der Waals surface area contributed by atoms with E-state index in [2.05, 4.69) is 15.6 Å². The van der Waals surface area contributed by atoms with E-state index in [4.69, 9.17) is 5.11 Å². The van der Waals surface area contributed by atoms with Gasteiger partial charge in [-0.05, 0) is 24.6 Å². The van der Waals surface area contributed by atoms with Gasteiger partial charge in [-0.1, -0.05) is 0 Å². The fraction of sp³-hybridized carbons (Fsp3) is 0.364. The highest BCUT2D eigenvalue weighted by Crippen LogP contribution is 2.09. The lowest BCUT2D eigenvalue weighted by Gasteiger charge is -2.14. The van der Waals surface area contributed by atoms with Crippen LogP contribution in [0.1, 0.15) is 24.9 Å². The van der Waals surface area contributed by atoms with Crippen LogP contribution in [0.5, 0.6) is 0 Å². The van der Waals surface area contributed by atoms with Crippen molar-refractivity contribution in [3.05, 3.63) is 30.1 Å². The van der Waals surface area contributed by atoms with Gasteiger partial charge in [-0.2, -0.15) is 0 Å². The molecule has 0 aliphatic heterocycles. The largest absolute Gasteiger partial charge is 0.481 e. The number of carbonyl (C=O) groups is 2. The molecule has 92 valence electrons. The number of nitrogens with zero attached hydrogens (tertiary/aromatic N) is 1. The van der Waals surface area contributed by atoms with Crippen LogP contribution in [-0.4, -0.2) is 28.6 Å². The molecule has 1 rings (SSSR count). The van der Waals surface area contributed by atoms with Crippen molar-refractivity contribution in [2.45, 2.75) is 19.4 Å². The second-order valence-electron chi connectivity index (χ2n) is 3.55. The molecule has 17 heavy (non-hydrogen) atoms. The van der Waals surface area contributed by atoms with E-state index < -0.39 is 5.97 Å². The Bertz CT molecular complexity index is 381. The third-order valence-electron chi connectivity index (χ3n) is 2.18. The molecular weight excluding hydrogens is 222 g/mol. The average Bonchev–Trinajstić information content (AvgIpc) is 2.29. The van der Waals surface area contributed by atoms with Crippen LogP contribution in [-0.2, 0) is 4.79 Å². The minimum absolute atomic E-state index is 0.0863. The molecule has 1 aromatic rings. The molecule has 0 aliphatic rings. The Labute approximate surface area is 99.1 Å². The first kappa shape index (κ1) is 13.0. The summed E-state index contributed by atoms with van der Waals surface area (Å²) in [5.74, 6) is -0.938. The van der Waals surface area contributed by atoms with Gasteiger partial charge >= 0.3 is 12.0 Å². The monoisotopic (exact) mass is 237 g/mol. The Hall–Kier alpha value is -2.11. The SMILES string of the molecule is CC(NC(=O)NCCC(=O)O)c1ccncc1. The van der Waals surface area contributed by atoms with E-state index in [1.807, 2.05) is 19.1 Å². The predicted molar refractivity (Wildman–Crippen MR) is 61.4 cm³/mol. The molecule has 0 fully saturated rings. The van der Waals surface area contributed by atoms with Gasteiger partial charge in [-0.25, -0.2) is 4.79 Å². The molecule has 0 bridgehead atoms. The van der Waals surface area contributed by atoms with E-state index in [0.717, 1.165) is 5.56 Å². The Balaban J connectivity index is 2.34. The van der Waals surface area contributed by atoms with E-state index in [-0.39, 0.29) is 25.0 Å². The van der Waals surface area contributed by atoms with Gasteiger partial charge in [0.1, 0.15) is 0 Å². The normalized spacial score (nSPS) is 11.6. The van der Waals surface area contributed by atoms with Crippen LogP contribution in [0.4, 0.5) is 4.79 Å². The highest BCUT2D eigenvalue weighted by atomic mass is 16.4. The number of aliphatic carboxylic acids is 1. The van der Waals surface area contributed by atoms with Crippen molar-refractivity contribution in [1.29, 1.82) is 0 Å². The maximum atomic E-state index is 11.4. The Morgan fingerprint density at radius 1 is 1.41 bits per heavy atom. The second-order valence-corrected chi connectivity index (χ2v) is 3.55. The Kier molecular flexibility index (Phi) is 4.93. The lowest BCUT2D eigenvalue weighted by atomic mass is 10.1. The zero-order valence-corrected chi connectivity index (χ0v) is 9.51.